The summed E-state index contributed by atoms with van der Waals surface area (Å²) in [5.41, 5.74) is 2.14. The van der Waals surface area contributed by atoms with Crippen molar-refractivity contribution in [3.8, 4) is 11.5 Å². The minimum absolute atomic E-state index is 0.0399. The average molecular weight is 580 g/mol. The van der Waals surface area contributed by atoms with Crippen LogP contribution in [0.4, 0.5) is 5.69 Å². The van der Waals surface area contributed by atoms with Crippen LogP contribution in [0.3, 0.4) is 0 Å². The maximum Gasteiger partial charge on any atom is 0.264 e. The number of anilines is 1. The van der Waals surface area contributed by atoms with Gasteiger partial charge in [-0.05, 0) is 50.1 Å². The normalized spacial score (nSPS) is 13.2. The average Bonchev–Trinajstić information content (AvgIpc) is 2.99. The quantitative estimate of drug-likeness (QED) is 0.321. The van der Waals surface area contributed by atoms with Crippen molar-refractivity contribution in [3.05, 3.63) is 83.9 Å². The molecule has 218 valence electrons. The largest absolute Gasteiger partial charge is 0.486 e. The fraction of sp³-hybridized carbons (Fsp3) is 0.355. The lowest BCUT2D eigenvalue weighted by Gasteiger charge is -2.32. The van der Waals surface area contributed by atoms with Gasteiger partial charge < -0.3 is 19.7 Å². The summed E-state index contributed by atoms with van der Waals surface area (Å²) in [7, 11) is -4.16. The van der Waals surface area contributed by atoms with Crippen molar-refractivity contribution in [2.24, 2.45) is 0 Å². The number of aryl methyl sites for hydroxylation is 1. The van der Waals surface area contributed by atoms with Crippen molar-refractivity contribution in [2.45, 2.75) is 51.1 Å². The molecule has 1 heterocycles. The van der Waals surface area contributed by atoms with Crippen molar-refractivity contribution in [2.75, 3.05) is 30.6 Å². The molecule has 10 heteroatoms. The Morgan fingerprint density at radius 2 is 1.63 bits per heavy atom. The predicted molar refractivity (Wildman–Crippen MR) is 158 cm³/mol. The van der Waals surface area contributed by atoms with E-state index in [-0.39, 0.29) is 23.0 Å². The molecule has 1 aliphatic rings. The van der Waals surface area contributed by atoms with E-state index in [4.69, 9.17) is 9.47 Å². The van der Waals surface area contributed by atoms with Crippen molar-refractivity contribution in [3.63, 3.8) is 0 Å². The second-order valence-corrected chi connectivity index (χ2v) is 11.8. The Kier molecular flexibility index (Phi) is 9.88. The zero-order valence-electron chi connectivity index (χ0n) is 23.7. The summed E-state index contributed by atoms with van der Waals surface area (Å²) in [5.74, 6) is 0.0882. The summed E-state index contributed by atoms with van der Waals surface area (Å²) in [6.45, 7) is 6.50. The Labute approximate surface area is 242 Å². The first kappa shape index (κ1) is 29.9. The van der Waals surface area contributed by atoms with Crippen molar-refractivity contribution >= 4 is 27.5 Å². The summed E-state index contributed by atoms with van der Waals surface area (Å²) in [6.07, 6.45) is 1.74. The van der Waals surface area contributed by atoms with E-state index in [1.165, 1.54) is 17.0 Å². The molecule has 1 N–H and O–H groups in total. The van der Waals surface area contributed by atoms with Gasteiger partial charge in [-0.3, -0.25) is 13.9 Å². The van der Waals surface area contributed by atoms with Gasteiger partial charge in [0.2, 0.25) is 11.8 Å². The van der Waals surface area contributed by atoms with E-state index in [9.17, 15) is 18.0 Å². The first-order valence-corrected chi connectivity index (χ1v) is 15.2. The molecule has 0 bridgehead atoms. The fourth-order valence-electron chi connectivity index (χ4n) is 4.44. The molecule has 41 heavy (non-hydrogen) atoms. The maximum absolute atomic E-state index is 14.0. The number of nitrogens with one attached hydrogen (secondary N) is 1. The Hall–Kier alpha value is -4.05. The number of unbranched alkanes of at least 4 members (excludes halogenated alkanes) is 1. The smallest absolute Gasteiger partial charge is 0.264 e. The molecule has 0 aromatic heterocycles. The first-order valence-electron chi connectivity index (χ1n) is 13.8. The summed E-state index contributed by atoms with van der Waals surface area (Å²) in [4.78, 5) is 28.6. The van der Waals surface area contributed by atoms with Crippen LogP contribution in [-0.2, 0) is 26.2 Å². The van der Waals surface area contributed by atoms with Crippen LogP contribution in [0.5, 0.6) is 11.5 Å². The molecule has 3 aromatic rings. The number of ether oxygens (including phenoxy) is 2. The molecular weight excluding hydrogens is 542 g/mol. The third kappa shape index (κ3) is 7.38. The molecular formula is C31H37N3O6S. The number of rotatable bonds is 12. The van der Waals surface area contributed by atoms with Gasteiger partial charge in [-0.1, -0.05) is 61.4 Å². The highest BCUT2D eigenvalue weighted by Gasteiger charge is 2.33. The van der Waals surface area contributed by atoms with Crippen LogP contribution in [0.2, 0.25) is 0 Å². The van der Waals surface area contributed by atoms with Crippen molar-refractivity contribution < 1.29 is 27.5 Å². The highest BCUT2D eigenvalue weighted by atomic mass is 32.2. The summed E-state index contributed by atoms with van der Waals surface area (Å²) >= 11 is 0. The highest BCUT2D eigenvalue weighted by molar-refractivity contribution is 7.92. The molecule has 4 rings (SSSR count). The van der Waals surface area contributed by atoms with Crippen molar-refractivity contribution in [1.82, 2.24) is 10.2 Å². The SMILES string of the molecule is CCCCNC(=O)[C@H](C)N(Cc1ccc(C)cc1)C(=O)CN(c1ccc2c(c1)OCCO2)S(=O)(=O)c1ccccc1. The zero-order valence-corrected chi connectivity index (χ0v) is 24.5. The van der Waals surface area contributed by atoms with Gasteiger partial charge in [0.1, 0.15) is 25.8 Å². The van der Waals surface area contributed by atoms with E-state index < -0.39 is 28.5 Å². The molecule has 0 radical (unpaired) electrons. The summed E-state index contributed by atoms with van der Waals surface area (Å²) in [5, 5.41) is 2.89. The second kappa shape index (κ2) is 13.5. The Morgan fingerprint density at radius 1 is 0.951 bits per heavy atom. The number of fused-ring (bicyclic) bond motifs is 1. The molecule has 0 unspecified atom stereocenters. The molecule has 3 aromatic carbocycles. The van der Waals surface area contributed by atoms with Gasteiger partial charge in [0.25, 0.3) is 10.0 Å². The molecule has 9 nitrogen and oxygen atoms in total. The van der Waals surface area contributed by atoms with Gasteiger partial charge in [-0.15, -0.1) is 0 Å². The molecule has 0 saturated heterocycles. The van der Waals surface area contributed by atoms with E-state index in [1.807, 2.05) is 38.1 Å². The lowest BCUT2D eigenvalue weighted by atomic mass is 10.1. The fourth-order valence-corrected chi connectivity index (χ4v) is 5.87. The number of nitrogens with zero attached hydrogens (tertiary/aromatic N) is 2. The topological polar surface area (TPSA) is 105 Å². The zero-order chi connectivity index (χ0) is 29.4. The van der Waals surface area contributed by atoms with Crippen LogP contribution in [0.25, 0.3) is 0 Å². The van der Waals surface area contributed by atoms with E-state index in [0.29, 0.717) is 31.3 Å². The maximum atomic E-state index is 14.0. The van der Waals surface area contributed by atoms with Gasteiger partial charge in [0.15, 0.2) is 11.5 Å². The van der Waals surface area contributed by atoms with E-state index in [1.54, 1.807) is 43.3 Å². The number of carbonyl (C=O) groups excluding carboxylic acids is 2. The third-order valence-electron chi connectivity index (χ3n) is 6.89. The Bertz CT molecular complexity index is 1440. The Balaban J connectivity index is 1.70. The van der Waals surface area contributed by atoms with E-state index in [2.05, 4.69) is 5.32 Å². The van der Waals surface area contributed by atoms with Crippen molar-refractivity contribution in [1.29, 1.82) is 0 Å². The van der Waals surface area contributed by atoms with Gasteiger partial charge in [-0.2, -0.15) is 0 Å². The lowest BCUT2D eigenvalue weighted by molar-refractivity contribution is -0.139. The number of benzene rings is 3. The molecule has 2 amide bonds. The summed E-state index contributed by atoms with van der Waals surface area (Å²) in [6, 6.07) is 19.6. The highest BCUT2D eigenvalue weighted by Crippen LogP contribution is 2.36. The molecule has 0 spiro atoms. The molecule has 1 aliphatic heterocycles. The number of hydrogen-bond acceptors (Lipinski definition) is 6. The standard InChI is InChI=1S/C31H37N3O6S/c1-4-5-17-32-31(36)24(3)33(21-25-13-11-23(2)12-14-25)30(35)22-34(41(37,38)27-9-7-6-8-10-27)26-15-16-28-29(20-26)40-19-18-39-28/h6-16,20,24H,4-5,17-19,21-22H2,1-3H3,(H,32,36)/t24-/m0/s1. The van der Waals surface area contributed by atoms with Gasteiger partial charge >= 0.3 is 0 Å². The van der Waals surface area contributed by atoms with E-state index in [0.717, 1.165) is 28.3 Å². The number of sulfonamides is 1. The second-order valence-electron chi connectivity index (χ2n) is 9.98. The van der Waals surface area contributed by atoms with Crippen LogP contribution in [0.15, 0.2) is 77.7 Å². The lowest BCUT2D eigenvalue weighted by Crippen LogP contribution is -2.51. The van der Waals surface area contributed by atoms with E-state index >= 15 is 0 Å². The van der Waals surface area contributed by atoms with Crippen LogP contribution in [0, 0.1) is 6.92 Å². The molecule has 0 saturated carbocycles. The number of carbonyl (C=O) groups is 2. The number of hydrogen-bond donors (Lipinski definition) is 1. The number of amides is 2. The van der Waals surface area contributed by atoms with Crippen LogP contribution < -0.4 is 19.1 Å². The monoisotopic (exact) mass is 579 g/mol. The molecule has 1 atom stereocenters. The van der Waals surface area contributed by atoms with Gasteiger partial charge in [0, 0.05) is 19.2 Å². The minimum Gasteiger partial charge on any atom is -0.486 e. The Morgan fingerprint density at radius 3 is 2.32 bits per heavy atom. The first-order chi connectivity index (χ1) is 19.7. The molecule has 0 fully saturated rings. The summed E-state index contributed by atoms with van der Waals surface area (Å²) < 4.78 is 40.2. The van der Waals surface area contributed by atoms with Gasteiger partial charge in [-0.25, -0.2) is 8.42 Å². The predicted octanol–water partition coefficient (Wildman–Crippen LogP) is 4.30. The van der Waals surface area contributed by atoms with Crippen LogP contribution in [0.1, 0.15) is 37.8 Å². The van der Waals surface area contributed by atoms with Crippen LogP contribution >= 0.6 is 0 Å². The minimum atomic E-state index is -4.16. The molecule has 0 aliphatic carbocycles. The van der Waals surface area contributed by atoms with Gasteiger partial charge in [0.05, 0.1) is 10.6 Å². The van der Waals surface area contributed by atoms with Crippen LogP contribution in [-0.4, -0.2) is 57.5 Å². The third-order valence-corrected chi connectivity index (χ3v) is 8.68.